The van der Waals surface area contributed by atoms with Crippen LogP contribution in [-0.2, 0) is 0 Å². The molecule has 0 heterocycles. The normalized spacial score (nSPS) is 11.9. The van der Waals surface area contributed by atoms with Crippen LogP contribution in [0.5, 0.6) is 11.5 Å². The summed E-state index contributed by atoms with van der Waals surface area (Å²) in [6.07, 6.45) is 2.07. The van der Waals surface area contributed by atoms with Gasteiger partial charge in [0.2, 0.25) is 0 Å². The Hall–Kier alpha value is -0.930. The molecule has 1 aromatic carbocycles. The quantitative estimate of drug-likeness (QED) is 0.862. The summed E-state index contributed by atoms with van der Waals surface area (Å²) in [4.78, 5) is 0. The second-order valence-electron chi connectivity index (χ2n) is 4.66. The van der Waals surface area contributed by atoms with E-state index in [0.717, 1.165) is 29.9 Å². The molecule has 0 unspecified atom stereocenters. The number of hydrogen-bond donors (Lipinski definition) is 1. The highest BCUT2D eigenvalue weighted by molar-refractivity contribution is 5.85. The van der Waals surface area contributed by atoms with Gasteiger partial charge in [0.05, 0.1) is 14.2 Å². The third-order valence-electron chi connectivity index (χ3n) is 2.89. The molecule has 1 atom stereocenters. The van der Waals surface area contributed by atoms with Gasteiger partial charge in [0.15, 0.2) is 11.5 Å². The van der Waals surface area contributed by atoms with Crippen LogP contribution >= 0.6 is 12.4 Å². The Bertz CT molecular complexity index is 356. The summed E-state index contributed by atoms with van der Waals surface area (Å²) >= 11 is 0. The second kappa shape index (κ2) is 8.22. The minimum atomic E-state index is 0. The molecule has 0 aromatic heterocycles. The third-order valence-corrected chi connectivity index (χ3v) is 2.89. The molecule has 1 rings (SSSR count). The van der Waals surface area contributed by atoms with Crippen molar-refractivity contribution in [2.24, 2.45) is 11.7 Å². The van der Waals surface area contributed by atoms with E-state index in [0.29, 0.717) is 5.92 Å². The Morgan fingerprint density at radius 3 is 2.28 bits per heavy atom. The first-order valence-corrected chi connectivity index (χ1v) is 6.06. The highest BCUT2D eigenvalue weighted by Crippen LogP contribution is 2.35. The van der Waals surface area contributed by atoms with E-state index in [-0.39, 0.29) is 18.4 Å². The van der Waals surface area contributed by atoms with E-state index in [1.807, 2.05) is 18.2 Å². The summed E-state index contributed by atoms with van der Waals surface area (Å²) in [5.41, 5.74) is 7.23. The maximum atomic E-state index is 6.21. The molecule has 0 aliphatic carbocycles. The van der Waals surface area contributed by atoms with Crippen molar-refractivity contribution in [3.63, 3.8) is 0 Å². The average molecular weight is 274 g/mol. The predicted molar refractivity (Wildman–Crippen MR) is 77.8 cm³/mol. The lowest BCUT2D eigenvalue weighted by Crippen LogP contribution is -2.13. The van der Waals surface area contributed by atoms with Gasteiger partial charge in [-0.2, -0.15) is 0 Å². The Balaban J connectivity index is 0.00000289. The smallest absolute Gasteiger partial charge is 0.165 e. The molecule has 1 aromatic rings. The van der Waals surface area contributed by atoms with Crippen molar-refractivity contribution in [3.05, 3.63) is 23.8 Å². The minimum Gasteiger partial charge on any atom is -0.493 e. The number of para-hydroxylation sites is 1. The van der Waals surface area contributed by atoms with Crippen LogP contribution in [0.3, 0.4) is 0 Å². The van der Waals surface area contributed by atoms with Crippen molar-refractivity contribution >= 4 is 12.4 Å². The van der Waals surface area contributed by atoms with Crippen LogP contribution in [-0.4, -0.2) is 14.2 Å². The molecule has 3 nitrogen and oxygen atoms in total. The molecule has 0 radical (unpaired) electrons. The minimum absolute atomic E-state index is 0. The topological polar surface area (TPSA) is 44.5 Å². The van der Waals surface area contributed by atoms with Crippen molar-refractivity contribution in [2.45, 2.75) is 32.7 Å². The van der Waals surface area contributed by atoms with Gasteiger partial charge in [-0.25, -0.2) is 0 Å². The molecular weight excluding hydrogens is 250 g/mol. The second-order valence-corrected chi connectivity index (χ2v) is 4.66. The Labute approximate surface area is 116 Å². The van der Waals surface area contributed by atoms with Crippen molar-refractivity contribution < 1.29 is 9.47 Å². The molecule has 4 heteroatoms. The van der Waals surface area contributed by atoms with Crippen LogP contribution < -0.4 is 15.2 Å². The molecule has 0 spiro atoms. The van der Waals surface area contributed by atoms with Crippen LogP contribution in [0.25, 0.3) is 0 Å². The lowest BCUT2D eigenvalue weighted by Gasteiger charge is -2.18. The number of hydrogen-bond acceptors (Lipinski definition) is 3. The third kappa shape index (κ3) is 4.39. The summed E-state index contributed by atoms with van der Waals surface area (Å²) in [5, 5.41) is 0. The van der Waals surface area contributed by atoms with Crippen molar-refractivity contribution in [2.75, 3.05) is 14.2 Å². The molecule has 2 N–H and O–H groups in total. The van der Waals surface area contributed by atoms with E-state index in [1.165, 1.54) is 0 Å². The maximum Gasteiger partial charge on any atom is 0.165 e. The Kier molecular flexibility index (Phi) is 7.80. The zero-order chi connectivity index (χ0) is 12.8. The number of nitrogens with two attached hydrogens (primary N) is 1. The molecule has 0 bridgehead atoms. The van der Waals surface area contributed by atoms with Crippen LogP contribution in [0, 0.1) is 5.92 Å². The van der Waals surface area contributed by atoms with Crippen LogP contribution in [0.4, 0.5) is 0 Å². The molecule has 18 heavy (non-hydrogen) atoms. The molecule has 104 valence electrons. The SMILES string of the molecule is COc1cccc([C@@H](N)CCC(C)C)c1OC.Cl. The van der Waals surface area contributed by atoms with Gasteiger partial charge in [0, 0.05) is 11.6 Å². The lowest BCUT2D eigenvalue weighted by atomic mass is 9.97. The van der Waals surface area contributed by atoms with Gasteiger partial charge in [0.25, 0.3) is 0 Å². The zero-order valence-electron chi connectivity index (χ0n) is 11.6. The largest absolute Gasteiger partial charge is 0.493 e. The van der Waals surface area contributed by atoms with Crippen molar-refractivity contribution in [1.29, 1.82) is 0 Å². The maximum absolute atomic E-state index is 6.21. The summed E-state index contributed by atoms with van der Waals surface area (Å²) in [7, 11) is 3.29. The van der Waals surface area contributed by atoms with E-state index in [1.54, 1.807) is 14.2 Å². The number of rotatable bonds is 6. The average Bonchev–Trinajstić information content (AvgIpc) is 2.34. The molecule has 0 aliphatic heterocycles. The first-order valence-electron chi connectivity index (χ1n) is 6.06. The summed E-state index contributed by atoms with van der Waals surface area (Å²) in [5.74, 6) is 2.16. The summed E-state index contributed by atoms with van der Waals surface area (Å²) in [6, 6.07) is 5.85. The van der Waals surface area contributed by atoms with E-state index in [2.05, 4.69) is 13.8 Å². The summed E-state index contributed by atoms with van der Waals surface area (Å²) < 4.78 is 10.7. The number of benzene rings is 1. The van der Waals surface area contributed by atoms with Gasteiger partial charge in [-0.3, -0.25) is 0 Å². The molecule has 0 aliphatic rings. The van der Waals surface area contributed by atoms with Gasteiger partial charge in [0.1, 0.15) is 0 Å². The van der Waals surface area contributed by atoms with Gasteiger partial charge in [-0.05, 0) is 24.8 Å². The van der Waals surface area contributed by atoms with Gasteiger partial charge in [-0.1, -0.05) is 26.0 Å². The number of ether oxygens (including phenoxy) is 2. The monoisotopic (exact) mass is 273 g/mol. The molecule has 0 saturated heterocycles. The molecule has 0 amide bonds. The van der Waals surface area contributed by atoms with E-state index < -0.39 is 0 Å². The fraction of sp³-hybridized carbons (Fsp3) is 0.571. The van der Waals surface area contributed by atoms with Crippen LogP contribution in [0.2, 0.25) is 0 Å². The van der Waals surface area contributed by atoms with Crippen molar-refractivity contribution in [1.82, 2.24) is 0 Å². The predicted octanol–water partition coefficient (Wildman–Crippen LogP) is 3.56. The van der Waals surface area contributed by atoms with E-state index >= 15 is 0 Å². The fourth-order valence-electron chi connectivity index (χ4n) is 1.87. The lowest BCUT2D eigenvalue weighted by molar-refractivity contribution is 0.347. The molecular formula is C14H24ClNO2. The van der Waals surface area contributed by atoms with Gasteiger partial charge >= 0.3 is 0 Å². The van der Waals surface area contributed by atoms with Crippen LogP contribution in [0.1, 0.15) is 38.3 Å². The van der Waals surface area contributed by atoms with E-state index in [4.69, 9.17) is 15.2 Å². The van der Waals surface area contributed by atoms with Gasteiger partial charge < -0.3 is 15.2 Å². The highest BCUT2D eigenvalue weighted by Gasteiger charge is 2.15. The molecule has 0 saturated carbocycles. The standard InChI is InChI=1S/C14H23NO2.ClH/c1-10(2)8-9-12(15)11-6-5-7-13(16-3)14(11)17-4;/h5-7,10,12H,8-9,15H2,1-4H3;1H/t12-;/m0./s1. The zero-order valence-corrected chi connectivity index (χ0v) is 12.4. The van der Waals surface area contributed by atoms with E-state index in [9.17, 15) is 0 Å². The first kappa shape index (κ1) is 17.1. The van der Waals surface area contributed by atoms with Crippen molar-refractivity contribution in [3.8, 4) is 11.5 Å². The molecule has 0 fully saturated rings. The fourth-order valence-corrected chi connectivity index (χ4v) is 1.87. The highest BCUT2D eigenvalue weighted by atomic mass is 35.5. The van der Waals surface area contributed by atoms with Gasteiger partial charge in [-0.15, -0.1) is 12.4 Å². The Morgan fingerprint density at radius 2 is 1.78 bits per heavy atom. The number of halogens is 1. The summed E-state index contributed by atoms with van der Waals surface area (Å²) in [6.45, 7) is 4.41. The Morgan fingerprint density at radius 1 is 1.11 bits per heavy atom. The number of methoxy groups -OCH3 is 2. The first-order chi connectivity index (χ1) is 8.10. The van der Waals surface area contributed by atoms with Crippen LogP contribution in [0.15, 0.2) is 18.2 Å².